The summed E-state index contributed by atoms with van der Waals surface area (Å²) in [6, 6.07) is 41.1. The minimum atomic E-state index is 0.996. The fourth-order valence-corrected chi connectivity index (χ4v) is 5.83. The second-order valence-electron chi connectivity index (χ2n) is 9.97. The Hall–Kier alpha value is -4.75. The number of nitrogens with zero attached hydrogens (tertiary/aromatic N) is 1. The van der Waals surface area contributed by atoms with Crippen molar-refractivity contribution in [3.63, 3.8) is 0 Å². The Morgan fingerprint density at radius 1 is 0.553 bits per heavy atom. The summed E-state index contributed by atoms with van der Waals surface area (Å²) in [5.74, 6) is 0. The predicted molar refractivity (Wildman–Crippen MR) is 163 cm³/mol. The Morgan fingerprint density at radius 3 is 1.84 bits per heavy atom. The van der Waals surface area contributed by atoms with Gasteiger partial charge in [-0.05, 0) is 80.4 Å². The molecule has 38 heavy (non-hydrogen) atoms. The van der Waals surface area contributed by atoms with Gasteiger partial charge in [-0.1, -0.05) is 116 Å². The van der Waals surface area contributed by atoms with Crippen LogP contribution in [0.1, 0.15) is 28.7 Å². The van der Waals surface area contributed by atoms with Gasteiger partial charge in [-0.25, -0.2) is 4.98 Å². The molecule has 0 saturated heterocycles. The van der Waals surface area contributed by atoms with Crippen molar-refractivity contribution in [2.45, 2.75) is 12.8 Å². The van der Waals surface area contributed by atoms with Gasteiger partial charge >= 0.3 is 0 Å². The quantitative estimate of drug-likeness (QED) is 0.226. The third kappa shape index (κ3) is 3.84. The van der Waals surface area contributed by atoms with E-state index in [1.54, 1.807) is 0 Å². The van der Waals surface area contributed by atoms with Gasteiger partial charge in [-0.15, -0.1) is 0 Å². The lowest BCUT2D eigenvalue weighted by Crippen LogP contribution is -2.03. The molecule has 1 heterocycles. The molecule has 0 spiro atoms. The molecule has 0 bridgehead atoms. The van der Waals surface area contributed by atoms with Gasteiger partial charge in [0.05, 0.1) is 11.4 Å². The Morgan fingerprint density at radius 2 is 1.18 bits per heavy atom. The standard InChI is InChI=1S/C37H27N/c1-2-25-17-19-32-33-20-18-28(22-35(33)31-16-10-9-15-30(31)34(32)21-25)29-23-36(26-11-5-3-6-12-26)38-37(24-29)27-13-7-4-8-14-27/h2-17,19,21-24H,1,18,20H2. The number of fused-ring (bicyclic) bond motifs is 6. The Bertz CT molecular complexity index is 1800. The van der Waals surface area contributed by atoms with Crippen LogP contribution in [0.4, 0.5) is 0 Å². The highest BCUT2D eigenvalue weighted by Gasteiger charge is 2.20. The zero-order valence-corrected chi connectivity index (χ0v) is 21.2. The van der Waals surface area contributed by atoms with E-state index in [4.69, 9.17) is 4.98 Å². The third-order valence-corrected chi connectivity index (χ3v) is 7.74. The van der Waals surface area contributed by atoms with Gasteiger partial charge in [0.25, 0.3) is 0 Å². The third-order valence-electron chi connectivity index (χ3n) is 7.74. The van der Waals surface area contributed by atoms with Gasteiger partial charge in [-0.3, -0.25) is 0 Å². The number of rotatable bonds is 4. The van der Waals surface area contributed by atoms with Crippen molar-refractivity contribution in [3.05, 3.63) is 144 Å². The zero-order chi connectivity index (χ0) is 25.5. The predicted octanol–water partition coefficient (Wildman–Crippen LogP) is 9.85. The molecule has 0 aliphatic heterocycles. The van der Waals surface area contributed by atoms with E-state index >= 15 is 0 Å². The molecule has 0 unspecified atom stereocenters. The molecule has 0 fully saturated rings. The van der Waals surface area contributed by atoms with Gasteiger partial charge in [0.15, 0.2) is 0 Å². The first-order chi connectivity index (χ1) is 18.8. The van der Waals surface area contributed by atoms with Crippen LogP contribution in [0.3, 0.4) is 0 Å². The first-order valence-electron chi connectivity index (χ1n) is 13.2. The maximum Gasteiger partial charge on any atom is 0.0715 e. The van der Waals surface area contributed by atoms with Crippen LogP contribution >= 0.6 is 0 Å². The van der Waals surface area contributed by atoms with Crippen LogP contribution in [0.25, 0.3) is 61.8 Å². The van der Waals surface area contributed by atoms with E-state index in [-0.39, 0.29) is 0 Å². The van der Waals surface area contributed by atoms with Gasteiger partial charge in [0.2, 0.25) is 0 Å². The van der Waals surface area contributed by atoms with Gasteiger partial charge in [-0.2, -0.15) is 0 Å². The number of aromatic nitrogens is 1. The lowest BCUT2D eigenvalue weighted by Gasteiger charge is -2.22. The average Bonchev–Trinajstić information content (AvgIpc) is 3.01. The largest absolute Gasteiger partial charge is 0.248 e. The summed E-state index contributed by atoms with van der Waals surface area (Å²) in [6.07, 6.45) is 6.38. The molecule has 1 heteroatoms. The van der Waals surface area contributed by atoms with Crippen LogP contribution < -0.4 is 0 Å². The molecule has 5 aromatic carbocycles. The normalized spacial score (nSPS) is 12.8. The molecule has 1 aliphatic rings. The van der Waals surface area contributed by atoms with Gasteiger partial charge < -0.3 is 0 Å². The van der Waals surface area contributed by atoms with Crippen molar-refractivity contribution < 1.29 is 0 Å². The summed E-state index contributed by atoms with van der Waals surface area (Å²) in [6.45, 7) is 3.99. The monoisotopic (exact) mass is 485 g/mol. The molecule has 1 aromatic heterocycles. The van der Waals surface area contributed by atoms with Gasteiger partial charge in [0, 0.05) is 11.1 Å². The first kappa shape index (κ1) is 22.4. The van der Waals surface area contributed by atoms with Crippen LogP contribution in [-0.4, -0.2) is 4.98 Å². The number of allylic oxidation sites excluding steroid dienone is 1. The average molecular weight is 486 g/mol. The molecule has 0 amide bonds. The first-order valence-corrected chi connectivity index (χ1v) is 13.2. The van der Waals surface area contributed by atoms with Crippen molar-refractivity contribution in [1.29, 1.82) is 0 Å². The summed E-state index contributed by atoms with van der Waals surface area (Å²) in [5, 5.41) is 5.28. The van der Waals surface area contributed by atoms with E-state index in [1.165, 1.54) is 43.8 Å². The SMILES string of the molecule is C=Cc1ccc2c3c(c4ccccc4c2c1)C=C(c1cc(-c2ccccc2)nc(-c2ccccc2)c1)CC3. The molecule has 0 radical (unpaired) electrons. The van der Waals surface area contributed by atoms with E-state index in [9.17, 15) is 0 Å². The summed E-state index contributed by atoms with van der Waals surface area (Å²) in [5.41, 5.74) is 10.8. The molecular formula is C37H27N. The highest BCUT2D eigenvalue weighted by atomic mass is 14.7. The molecule has 1 aliphatic carbocycles. The van der Waals surface area contributed by atoms with E-state index in [0.29, 0.717) is 0 Å². The van der Waals surface area contributed by atoms with Crippen LogP contribution in [0, 0.1) is 0 Å². The molecule has 1 nitrogen and oxygen atoms in total. The summed E-state index contributed by atoms with van der Waals surface area (Å²) >= 11 is 0. The van der Waals surface area contributed by atoms with Crippen LogP contribution in [0.2, 0.25) is 0 Å². The zero-order valence-electron chi connectivity index (χ0n) is 21.2. The Labute approximate surface area is 223 Å². The fourth-order valence-electron chi connectivity index (χ4n) is 5.83. The second-order valence-corrected chi connectivity index (χ2v) is 9.97. The van der Waals surface area contributed by atoms with E-state index in [2.05, 4.69) is 128 Å². The molecule has 180 valence electrons. The van der Waals surface area contributed by atoms with Crippen molar-refractivity contribution in [1.82, 2.24) is 4.98 Å². The maximum absolute atomic E-state index is 5.08. The molecule has 0 saturated carbocycles. The summed E-state index contributed by atoms with van der Waals surface area (Å²) < 4.78 is 0. The smallest absolute Gasteiger partial charge is 0.0715 e. The minimum absolute atomic E-state index is 0.996. The number of hydrogen-bond acceptors (Lipinski definition) is 1. The second kappa shape index (κ2) is 9.28. The topological polar surface area (TPSA) is 12.9 Å². The molecule has 0 N–H and O–H groups in total. The lowest BCUT2D eigenvalue weighted by molar-refractivity contribution is 1.02. The Balaban J connectivity index is 1.46. The van der Waals surface area contributed by atoms with Gasteiger partial charge in [0.1, 0.15) is 0 Å². The maximum atomic E-state index is 5.08. The lowest BCUT2D eigenvalue weighted by atomic mass is 9.82. The summed E-state index contributed by atoms with van der Waals surface area (Å²) in [4.78, 5) is 5.08. The van der Waals surface area contributed by atoms with Crippen molar-refractivity contribution in [3.8, 4) is 22.5 Å². The van der Waals surface area contributed by atoms with Crippen molar-refractivity contribution in [2.24, 2.45) is 0 Å². The fraction of sp³-hybridized carbons (Fsp3) is 0.0541. The van der Waals surface area contributed by atoms with Crippen molar-refractivity contribution in [2.75, 3.05) is 0 Å². The van der Waals surface area contributed by atoms with E-state index in [1.807, 2.05) is 6.08 Å². The molecule has 6 aromatic rings. The summed E-state index contributed by atoms with van der Waals surface area (Å²) in [7, 11) is 0. The molecule has 7 rings (SSSR count). The highest BCUT2D eigenvalue weighted by molar-refractivity contribution is 6.14. The number of hydrogen-bond donors (Lipinski definition) is 0. The van der Waals surface area contributed by atoms with E-state index in [0.717, 1.165) is 40.9 Å². The minimum Gasteiger partial charge on any atom is -0.248 e. The number of aryl methyl sites for hydroxylation is 1. The molecular weight excluding hydrogens is 458 g/mol. The number of pyridine rings is 1. The van der Waals surface area contributed by atoms with Crippen molar-refractivity contribution >= 4 is 39.3 Å². The van der Waals surface area contributed by atoms with Crippen LogP contribution in [0.5, 0.6) is 0 Å². The Kier molecular flexibility index (Phi) is 5.48. The molecule has 0 atom stereocenters. The number of benzene rings is 5. The highest BCUT2D eigenvalue weighted by Crippen LogP contribution is 2.41. The van der Waals surface area contributed by atoms with Crippen LogP contribution in [0.15, 0.2) is 122 Å². The van der Waals surface area contributed by atoms with E-state index < -0.39 is 0 Å². The van der Waals surface area contributed by atoms with Crippen LogP contribution in [-0.2, 0) is 6.42 Å².